The van der Waals surface area contributed by atoms with E-state index in [0.717, 1.165) is 5.56 Å². The van der Waals surface area contributed by atoms with E-state index in [-0.39, 0.29) is 18.0 Å². The maximum atomic E-state index is 12.0. The topological polar surface area (TPSA) is 61.4 Å². The molecule has 0 bridgehead atoms. The third-order valence-corrected chi connectivity index (χ3v) is 3.64. The Labute approximate surface area is 129 Å². The number of halogens is 1. The molecule has 1 atom stereocenters. The lowest BCUT2D eigenvalue weighted by Gasteiger charge is -2.18. The fraction of sp³-hybridized carbons (Fsp3) is 0.333. The van der Waals surface area contributed by atoms with Crippen molar-refractivity contribution in [2.24, 2.45) is 0 Å². The van der Waals surface area contributed by atoms with Crippen molar-refractivity contribution in [3.05, 3.63) is 47.5 Å². The number of benzene rings is 1. The maximum Gasteiger partial charge on any atom is 0.315 e. The van der Waals surface area contributed by atoms with E-state index in [4.69, 9.17) is 11.6 Å². The van der Waals surface area contributed by atoms with Crippen molar-refractivity contribution in [2.75, 3.05) is 13.1 Å². The first-order chi connectivity index (χ1) is 10.1. The molecule has 5 nitrogen and oxygen atoms in total. The lowest BCUT2D eigenvalue weighted by molar-refractivity contribution is -0.128. The number of carbonyl (C=O) groups is 2. The minimum atomic E-state index is -0.285. The molecule has 0 radical (unpaired) electrons. The Kier molecular flexibility index (Phi) is 5.22. The van der Waals surface area contributed by atoms with Gasteiger partial charge in [-0.05, 0) is 11.6 Å². The second-order valence-electron chi connectivity index (χ2n) is 4.91. The van der Waals surface area contributed by atoms with Gasteiger partial charge in [0, 0.05) is 31.1 Å². The third kappa shape index (κ3) is 4.23. The Morgan fingerprint density at radius 2 is 2.24 bits per heavy atom. The summed E-state index contributed by atoms with van der Waals surface area (Å²) in [5.41, 5.74) is 0.907. The van der Waals surface area contributed by atoms with Gasteiger partial charge in [0.2, 0.25) is 5.91 Å². The molecule has 0 spiro atoms. The first kappa shape index (κ1) is 15.4. The van der Waals surface area contributed by atoms with Gasteiger partial charge in [-0.15, -0.1) is 6.58 Å². The zero-order valence-corrected chi connectivity index (χ0v) is 12.4. The summed E-state index contributed by atoms with van der Waals surface area (Å²) in [5, 5.41) is 6.05. The van der Waals surface area contributed by atoms with Gasteiger partial charge in [-0.2, -0.15) is 0 Å². The number of urea groups is 1. The Hall–Kier alpha value is -2.01. The van der Waals surface area contributed by atoms with Gasteiger partial charge < -0.3 is 15.5 Å². The molecule has 2 N–H and O–H groups in total. The average Bonchev–Trinajstić information content (AvgIpc) is 2.79. The Morgan fingerprint density at radius 3 is 2.95 bits per heavy atom. The predicted molar refractivity (Wildman–Crippen MR) is 82.0 cm³/mol. The van der Waals surface area contributed by atoms with E-state index in [0.29, 0.717) is 31.1 Å². The molecule has 1 fully saturated rings. The zero-order chi connectivity index (χ0) is 15.2. The molecule has 0 aromatic heterocycles. The van der Waals surface area contributed by atoms with Crippen molar-refractivity contribution in [3.8, 4) is 0 Å². The molecule has 1 aromatic rings. The van der Waals surface area contributed by atoms with E-state index in [2.05, 4.69) is 17.2 Å². The van der Waals surface area contributed by atoms with E-state index >= 15 is 0 Å². The summed E-state index contributed by atoms with van der Waals surface area (Å²) in [6.45, 7) is 4.88. The van der Waals surface area contributed by atoms with Crippen LogP contribution in [0, 0.1) is 0 Å². The van der Waals surface area contributed by atoms with Gasteiger partial charge in [0.05, 0.1) is 6.04 Å². The highest BCUT2D eigenvalue weighted by Crippen LogP contribution is 2.20. The van der Waals surface area contributed by atoms with Crippen LogP contribution in [-0.2, 0) is 11.3 Å². The maximum absolute atomic E-state index is 12.0. The minimum Gasteiger partial charge on any atom is -0.336 e. The molecule has 6 heteroatoms. The number of carbonyl (C=O) groups excluding carboxylic acids is 2. The van der Waals surface area contributed by atoms with Crippen LogP contribution in [0.2, 0.25) is 5.02 Å². The summed E-state index contributed by atoms with van der Waals surface area (Å²) in [6, 6.07) is 6.98. The molecule has 1 saturated heterocycles. The number of hydrogen-bond acceptors (Lipinski definition) is 2. The Balaban J connectivity index is 1.89. The van der Waals surface area contributed by atoms with E-state index in [1.54, 1.807) is 17.0 Å². The van der Waals surface area contributed by atoms with Gasteiger partial charge in [0.1, 0.15) is 0 Å². The Bertz CT molecular complexity index is 547. The number of rotatable bonds is 5. The minimum absolute atomic E-state index is 0.0175. The molecular weight excluding hydrogens is 290 g/mol. The van der Waals surface area contributed by atoms with Crippen molar-refractivity contribution < 1.29 is 9.59 Å². The lowest BCUT2D eigenvalue weighted by Crippen LogP contribution is -2.43. The summed E-state index contributed by atoms with van der Waals surface area (Å²) in [4.78, 5) is 25.3. The fourth-order valence-electron chi connectivity index (χ4n) is 2.26. The van der Waals surface area contributed by atoms with Crippen molar-refractivity contribution in [1.82, 2.24) is 15.5 Å². The van der Waals surface area contributed by atoms with Crippen LogP contribution in [0.1, 0.15) is 12.0 Å². The predicted octanol–water partition coefficient (Wildman–Crippen LogP) is 1.93. The number of nitrogens with zero attached hydrogens (tertiary/aromatic N) is 1. The Morgan fingerprint density at radius 1 is 1.48 bits per heavy atom. The van der Waals surface area contributed by atoms with Crippen molar-refractivity contribution in [1.29, 1.82) is 0 Å². The molecule has 0 saturated carbocycles. The summed E-state index contributed by atoms with van der Waals surface area (Å²) in [6.07, 6.45) is 1.91. The van der Waals surface area contributed by atoms with Crippen molar-refractivity contribution in [2.45, 2.75) is 19.0 Å². The number of nitrogens with one attached hydrogen (secondary N) is 2. The van der Waals surface area contributed by atoms with Gasteiger partial charge in [-0.1, -0.05) is 35.9 Å². The largest absolute Gasteiger partial charge is 0.336 e. The number of hydrogen-bond donors (Lipinski definition) is 2. The summed E-state index contributed by atoms with van der Waals surface area (Å²) in [7, 11) is 0. The van der Waals surface area contributed by atoms with E-state index < -0.39 is 0 Å². The van der Waals surface area contributed by atoms with Crippen LogP contribution in [0.25, 0.3) is 0 Å². The second kappa shape index (κ2) is 7.13. The smallest absolute Gasteiger partial charge is 0.315 e. The molecular formula is C15H18ClN3O2. The third-order valence-electron chi connectivity index (χ3n) is 3.28. The summed E-state index contributed by atoms with van der Waals surface area (Å²) < 4.78 is 0. The van der Waals surface area contributed by atoms with Crippen LogP contribution in [0.5, 0.6) is 0 Å². The number of likely N-dealkylation sites (tertiary alicyclic amines) is 1. The molecule has 0 aliphatic carbocycles. The van der Waals surface area contributed by atoms with Crippen LogP contribution in [0.15, 0.2) is 36.9 Å². The van der Waals surface area contributed by atoms with Gasteiger partial charge in [0.25, 0.3) is 0 Å². The molecule has 3 amide bonds. The SMILES string of the molecule is C=CCNC(=O)NC1CC(=O)N(Cc2ccccc2Cl)C1. The molecule has 1 heterocycles. The molecule has 1 aromatic carbocycles. The monoisotopic (exact) mass is 307 g/mol. The van der Waals surface area contributed by atoms with Crippen LogP contribution in [0.4, 0.5) is 4.79 Å². The molecule has 2 rings (SSSR count). The summed E-state index contributed by atoms with van der Waals surface area (Å²) >= 11 is 6.10. The zero-order valence-electron chi connectivity index (χ0n) is 11.6. The standard InChI is InChI=1S/C15H18ClN3O2/c1-2-7-17-15(21)18-12-8-14(20)19(10-12)9-11-5-3-4-6-13(11)16/h2-6,12H,1,7-10H2,(H2,17,18,21). The first-order valence-corrected chi connectivity index (χ1v) is 7.14. The van der Waals surface area contributed by atoms with E-state index in [1.807, 2.05) is 18.2 Å². The van der Waals surface area contributed by atoms with Crippen LogP contribution >= 0.6 is 11.6 Å². The van der Waals surface area contributed by atoms with Gasteiger partial charge >= 0.3 is 6.03 Å². The van der Waals surface area contributed by atoms with Crippen LogP contribution < -0.4 is 10.6 Å². The van der Waals surface area contributed by atoms with Gasteiger partial charge in [-0.25, -0.2) is 4.79 Å². The fourth-order valence-corrected chi connectivity index (χ4v) is 2.45. The summed E-state index contributed by atoms with van der Waals surface area (Å²) in [5.74, 6) is 0.0175. The molecule has 21 heavy (non-hydrogen) atoms. The van der Waals surface area contributed by atoms with Crippen LogP contribution in [0.3, 0.4) is 0 Å². The van der Waals surface area contributed by atoms with E-state index in [9.17, 15) is 9.59 Å². The van der Waals surface area contributed by atoms with E-state index in [1.165, 1.54) is 0 Å². The number of amides is 3. The van der Waals surface area contributed by atoms with Crippen molar-refractivity contribution in [3.63, 3.8) is 0 Å². The normalized spacial score (nSPS) is 17.7. The highest BCUT2D eigenvalue weighted by atomic mass is 35.5. The quantitative estimate of drug-likeness (QED) is 0.817. The van der Waals surface area contributed by atoms with Crippen LogP contribution in [-0.4, -0.2) is 36.0 Å². The first-order valence-electron chi connectivity index (χ1n) is 6.76. The lowest BCUT2D eigenvalue weighted by atomic mass is 10.2. The van der Waals surface area contributed by atoms with Crippen molar-refractivity contribution >= 4 is 23.5 Å². The average molecular weight is 308 g/mol. The van der Waals surface area contributed by atoms with Gasteiger partial charge in [-0.3, -0.25) is 4.79 Å². The molecule has 1 aliphatic heterocycles. The highest BCUT2D eigenvalue weighted by Gasteiger charge is 2.30. The molecule has 112 valence electrons. The highest BCUT2D eigenvalue weighted by molar-refractivity contribution is 6.31. The molecule has 1 aliphatic rings. The van der Waals surface area contributed by atoms with Gasteiger partial charge in [0.15, 0.2) is 0 Å². The second-order valence-corrected chi connectivity index (χ2v) is 5.32. The molecule has 1 unspecified atom stereocenters.